The summed E-state index contributed by atoms with van der Waals surface area (Å²) in [5.74, 6) is 0.803. The van der Waals surface area contributed by atoms with Crippen LogP contribution in [0.5, 0.6) is 11.5 Å². The van der Waals surface area contributed by atoms with Crippen LogP contribution in [0.2, 0.25) is 0 Å². The van der Waals surface area contributed by atoms with Gasteiger partial charge in [0.25, 0.3) is 0 Å². The Bertz CT molecular complexity index is 458. The van der Waals surface area contributed by atoms with Gasteiger partial charge in [-0.2, -0.15) is 4.39 Å². The molecule has 0 saturated carbocycles. The topological polar surface area (TPSA) is 61.0 Å². The molecule has 0 aliphatic carbocycles. The van der Waals surface area contributed by atoms with Gasteiger partial charge in [0, 0.05) is 12.3 Å². The normalized spacial score (nSPS) is 9.93. The van der Waals surface area contributed by atoms with Gasteiger partial charge < -0.3 is 10.5 Å². The van der Waals surface area contributed by atoms with Gasteiger partial charge in [0.1, 0.15) is 17.3 Å². The number of nitrogens with two attached hydrogens (primary N) is 1. The van der Waals surface area contributed by atoms with Crippen LogP contribution in [0, 0.1) is 5.95 Å². The van der Waals surface area contributed by atoms with Crippen LogP contribution in [0.4, 0.5) is 10.2 Å². The lowest BCUT2D eigenvalue weighted by Gasteiger charge is -2.04. The monoisotopic (exact) mass is 205 g/mol. The predicted molar refractivity (Wildman–Crippen MR) is 52.9 cm³/mol. The van der Waals surface area contributed by atoms with Gasteiger partial charge >= 0.3 is 0 Å². The summed E-state index contributed by atoms with van der Waals surface area (Å²) in [7, 11) is 0. The van der Waals surface area contributed by atoms with E-state index in [1.807, 2.05) is 0 Å². The molecule has 2 rings (SSSR count). The van der Waals surface area contributed by atoms with Crippen LogP contribution in [0.3, 0.4) is 0 Å². The van der Waals surface area contributed by atoms with Crippen molar-refractivity contribution in [1.82, 2.24) is 9.97 Å². The molecule has 15 heavy (non-hydrogen) atoms. The largest absolute Gasteiger partial charge is 0.456 e. The van der Waals surface area contributed by atoms with Crippen molar-refractivity contribution in [3.63, 3.8) is 0 Å². The maximum atomic E-state index is 12.5. The standard InChI is InChI=1S/C10H8FN3O/c11-9-2-1-8(6-14-9)15-7-3-4-13-10(12)5-7/h1-6H,(H2,12,13). The Morgan fingerprint density at radius 3 is 2.67 bits per heavy atom. The number of anilines is 1. The van der Waals surface area contributed by atoms with Crippen LogP contribution in [-0.2, 0) is 0 Å². The fourth-order valence-electron chi connectivity index (χ4n) is 1.05. The smallest absolute Gasteiger partial charge is 0.213 e. The zero-order chi connectivity index (χ0) is 10.7. The molecule has 5 heteroatoms. The number of ether oxygens (including phenoxy) is 1. The minimum atomic E-state index is -0.545. The highest BCUT2D eigenvalue weighted by molar-refractivity contribution is 5.38. The second-order valence-electron chi connectivity index (χ2n) is 2.84. The van der Waals surface area contributed by atoms with Gasteiger partial charge in [-0.25, -0.2) is 9.97 Å². The van der Waals surface area contributed by atoms with E-state index in [9.17, 15) is 4.39 Å². The Morgan fingerprint density at radius 2 is 2.00 bits per heavy atom. The van der Waals surface area contributed by atoms with E-state index in [1.165, 1.54) is 24.5 Å². The third-order valence-corrected chi connectivity index (χ3v) is 1.69. The van der Waals surface area contributed by atoms with Crippen molar-refractivity contribution < 1.29 is 9.13 Å². The minimum absolute atomic E-state index is 0.363. The molecule has 2 N–H and O–H groups in total. The van der Waals surface area contributed by atoms with Crippen molar-refractivity contribution in [3.05, 3.63) is 42.6 Å². The molecule has 0 saturated heterocycles. The molecule has 76 valence electrons. The second kappa shape index (κ2) is 3.91. The number of hydrogen-bond donors (Lipinski definition) is 1. The Balaban J connectivity index is 2.18. The minimum Gasteiger partial charge on any atom is -0.456 e. The van der Waals surface area contributed by atoms with E-state index in [1.54, 1.807) is 12.1 Å². The lowest BCUT2D eigenvalue weighted by molar-refractivity contribution is 0.474. The summed E-state index contributed by atoms with van der Waals surface area (Å²) in [5, 5.41) is 0. The van der Waals surface area contributed by atoms with Crippen LogP contribution in [0.1, 0.15) is 0 Å². The quantitative estimate of drug-likeness (QED) is 0.761. The zero-order valence-corrected chi connectivity index (χ0v) is 7.72. The first-order valence-corrected chi connectivity index (χ1v) is 4.25. The molecule has 0 aromatic carbocycles. The molecule has 2 aromatic heterocycles. The van der Waals surface area contributed by atoms with E-state index in [0.717, 1.165) is 0 Å². The van der Waals surface area contributed by atoms with Gasteiger partial charge in [-0.15, -0.1) is 0 Å². The second-order valence-corrected chi connectivity index (χ2v) is 2.84. The highest BCUT2D eigenvalue weighted by atomic mass is 19.1. The fourth-order valence-corrected chi connectivity index (χ4v) is 1.05. The first-order chi connectivity index (χ1) is 7.24. The first kappa shape index (κ1) is 9.39. The van der Waals surface area contributed by atoms with Crippen molar-refractivity contribution in [2.75, 3.05) is 5.73 Å². The number of aromatic nitrogens is 2. The van der Waals surface area contributed by atoms with Crippen molar-refractivity contribution in [2.24, 2.45) is 0 Å². The van der Waals surface area contributed by atoms with E-state index in [-0.39, 0.29) is 0 Å². The third-order valence-electron chi connectivity index (χ3n) is 1.69. The average molecular weight is 205 g/mol. The predicted octanol–water partition coefficient (Wildman–Crippen LogP) is 1.99. The summed E-state index contributed by atoms with van der Waals surface area (Å²) in [6, 6.07) is 5.93. The molecule has 0 bridgehead atoms. The van der Waals surface area contributed by atoms with Crippen molar-refractivity contribution in [2.45, 2.75) is 0 Å². The van der Waals surface area contributed by atoms with Gasteiger partial charge in [0.2, 0.25) is 5.95 Å². The lowest BCUT2D eigenvalue weighted by Crippen LogP contribution is -1.91. The number of rotatable bonds is 2. The summed E-state index contributed by atoms with van der Waals surface area (Å²) < 4.78 is 17.9. The van der Waals surface area contributed by atoms with Crippen LogP contribution >= 0.6 is 0 Å². The molecular formula is C10H8FN3O. The van der Waals surface area contributed by atoms with Gasteiger partial charge in [-0.1, -0.05) is 0 Å². The van der Waals surface area contributed by atoms with Gasteiger partial charge in [-0.3, -0.25) is 0 Å². The molecule has 0 aliphatic rings. The fraction of sp³-hybridized carbons (Fsp3) is 0. The van der Waals surface area contributed by atoms with E-state index in [4.69, 9.17) is 10.5 Å². The number of nitrogens with zero attached hydrogens (tertiary/aromatic N) is 2. The summed E-state index contributed by atoms with van der Waals surface area (Å²) in [6.07, 6.45) is 2.83. The number of pyridine rings is 2. The zero-order valence-electron chi connectivity index (χ0n) is 7.72. The maximum absolute atomic E-state index is 12.5. The third kappa shape index (κ3) is 2.40. The van der Waals surface area contributed by atoms with Crippen molar-refractivity contribution >= 4 is 5.82 Å². The summed E-state index contributed by atoms with van der Waals surface area (Å²) in [5.41, 5.74) is 5.47. The molecule has 0 radical (unpaired) electrons. The van der Waals surface area contributed by atoms with Gasteiger partial charge in [0.15, 0.2) is 0 Å². The molecular weight excluding hydrogens is 197 g/mol. The highest BCUT2D eigenvalue weighted by Gasteiger charge is 1.99. The Labute approximate surface area is 85.5 Å². The molecule has 2 aromatic rings. The molecule has 0 amide bonds. The highest BCUT2D eigenvalue weighted by Crippen LogP contribution is 2.20. The number of halogens is 1. The van der Waals surface area contributed by atoms with E-state index < -0.39 is 5.95 Å². The summed E-state index contributed by atoms with van der Waals surface area (Å²) in [6.45, 7) is 0. The van der Waals surface area contributed by atoms with E-state index in [2.05, 4.69) is 9.97 Å². The van der Waals surface area contributed by atoms with Crippen LogP contribution in [0.15, 0.2) is 36.7 Å². The summed E-state index contributed by atoms with van der Waals surface area (Å²) >= 11 is 0. The SMILES string of the molecule is Nc1cc(Oc2ccc(F)nc2)ccn1. The Kier molecular flexibility index (Phi) is 2.45. The van der Waals surface area contributed by atoms with Gasteiger partial charge in [-0.05, 0) is 18.2 Å². The molecule has 0 aliphatic heterocycles. The maximum Gasteiger partial charge on any atom is 0.213 e. The van der Waals surface area contributed by atoms with Gasteiger partial charge in [0.05, 0.1) is 6.20 Å². The lowest BCUT2D eigenvalue weighted by atomic mass is 10.4. The van der Waals surface area contributed by atoms with Crippen LogP contribution in [0.25, 0.3) is 0 Å². The van der Waals surface area contributed by atoms with Crippen molar-refractivity contribution in [3.8, 4) is 11.5 Å². The molecule has 4 nitrogen and oxygen atoms in total. The van der Waals surface area contributed by atoms with E-state index in [0.29, 0.717) is 17.3 Å². The summed E-state index contributed by atoms with van der Waals surface area (Å²) in [4.78, 5) is 7.28. The van der Waals surface area contributed by atoms with Crippen LogP contribution in [-0.4, -0.2) is 9.97 Å². The first-order valence-electron chi connectivity index (χ1n) is 4.25. The number of nitrogen functional groups attached to an aromatic ring is 1. The Morgan fingerprint density at radius 1 is 1.13 bits per heavy atom. The molecule has 0 atom stereocenters. The Hall–Kier alpha value is -2.17. The van der Waals surface area contributed by atoms with Crippen molar-refractivity contribution in [1.29, 1.82) is 0 Å². The molecule has 0 unspecified atom stereocenters. The molecule has 0 spiro atoms. The average Bonchev–Trinajstić information content (AvgIpc) is 2.22. The number of hydrogen-bond acceptors (Lipinski definition) is 4. The molecule has 2 heterocycles. The van der Waals surface area contributed by atoms with E-state index >= 15 is 0 Å². The van der Waals surface area contributed by atoms with Crippen LogP contribution < -0.4 is 10.5 Å². The molecule has 0 fully saturated rings.